The first-order valence-electron chi connectivity index (χ1n) is 9.35. The summed E-state index contributed by atoms with van der Waals surface area (Å²) in [5.41, 5.74) is -0.240. The number of benzene rings is 2. The van der Waals surface area contributed by atoms with Gasteiger partial charge in [0, 0.05) is 24.0 Å². The van der Waals surface area contributed by atoms with Crippen molar-refractivity contribution in [2.75, 3.05) is 28.7 Å². The van der Waals surface area contributed by atoms with E-state index in [1.54, 1.807) is 36.9 Å². The Kier molecular flexibility index (Phi) is 5.65. The Bertz CT molecular complexity index is 956. The number of anilines is 3. The number of hydrogen-bond acceptors (Lipinski definition) is 3. The quantitative estimate of drug-likeness (QED) is 0.723. The molecule has 2 aromatic carbocycles. The maximum Gasteiger partial charge on any atom is 0.416 e. The normalized spacial score (nSPS) is 15.7. The van der Waals surface area contributed by atoms with Crippen LogP contribution in [0.2, 0.25) is 0 Å². The van der Waals surface area contributed by atoms with Crippen molar-refractivity contribution in [1.29, 1.82) is 0 Å². The predicted octanol–water partition coefficient (Wildman–Crippen LogP) is 5.12. The molecule has 2 N–H and O–H groups in total. The summed E-state index contributed by atoms with van der Waals surface area (Å²) in [5.74, 6) is 0.410. The van der Waals surface area contributed by atoms with E-state index in [1.165, 1.54) is 12.1 Å². The monoisotopic (exact) mass is 421 g/mol. The second-order valence-corrected chi connectivity index (χ2v) is 7.56. The van der Waals surface area contributed by atoms with Gasteiger partial charge in [-0.15, -0.1) is 0 Å². The largest absolute Gasteiger partial charge is 0.490 e. The lowest BCUT2D eigenvalue weighted by molar-refractivity contribution is -0.137. The first-order chi connectivity index (χ1) is 14.0. The third kappa shape index (κ3) is 4.50. The molecule has 0 saturated heterocycles. The molecule has 0 saturated carbocycles. The van der Waals surface area contributed by atoms with Crippen LogP contribution in [-0.2, 0) is 11.0 Å². The Hall–Kier alpha value is -3.23. The van der Waals surface area contributed by atoms with Crippen LogP contribution in [0.1, 0.15) is 26.3 Å². The van der Waals surface area contributed by atoms with Gasteiger partial charge in [0.25, 0.3) is 0 Å². The van der Waals surface area contributed by atoms with Crippen molar-refractivity contribution in [2.24, 2.45) is 5.41 Å². The first-order valence-corrected chi connectivity index (χ1v) is 9.35. The number of ether oxygens (including phenoxy) is 1. The number of alkyl halides is 3. The van der Waals surface area contributed by atoms with E-state index in [1.807, 2.05) is 6.92 Å². The van der Waals surface area contributed by atoms with Gasteiger partial charge in [0.05, 0.1) is 16.7 Å². The summed E-state index contributed by atoms with van der Waals surface area (Å²) < 4.78 is 43.7. The summed E-state index contributed by atoms with van der Waals surface area (Å²) >= 11 is 0. The Morgan fingerprint density at radius 2 is 1.70 bits per heavy atom. The van der Waals surface area contributed by atoms with Crippen molar-refractivity contribution in [2.45, 2.75) is 26.9 Å². The van der Waals surface area contributed by atoms with Crippen molar-refractivity contribution in [3.8, 4) is 5.75 Å². The molecule has 1 heterocycles. The Morgan fingerprint density at radius 1 is 1.10 bits per heavy atom. The molecule has 0 bridgehead atoms. The highest BCUT2D eigenvalue weighted by atomic mass is 19.4. The zero-order chi connectivity index (χ0) is 22.1. The molecule has 3 amide bonds. The van der Waals surface area contributed by atoms with Gasteiger partial charge in [-0.1, -0.05) is 0 Å². The van der Waals surface area contributed by atoms with Crippen LogP contribution in [0.5, 0.6) is 5.75 Å². The van der Waals surface area contributed by atoms with Crippen molar-refractivity contribution >= 4 is 29.0 Å². The number of amides is 3. The highest BCUT2D eigenvalue weighted by Gasteiger charge is 2.37. The SMILES string of the molecule is CCN1C(=O)C(C)(C)COc2cc(NC(=O)Nc3ccc(C(F)(F)F)cc3)ccc21. The second-order valence-electron chi connectivity index (χ2n) is 7.56. The van der Waals surface area contributed by atoms with Crippen LogP contribution in [0.4, 0.5) is 35.0 Å². The average Bonchev–Trinajstić information content (AvgIpc) is 2.76. The van der Waals surface area contributed by atoms with Gasteiger partial charge >= 0.3 is 12.2 Å². The van der Waals surface area contributed by atoms with E-state index in [0.29, 0.717) is 23.7 Å². The van der Waals surface area contributed by atoms with Gasteiger partial charge in [0.1, 0.15) is 12.4 Å². The predicted molar refractivity (Wildman–Crippen MR) is 108 cm³/mol. The molecule has 30 heavy (non-hydrogen) atoms. The molecule has 9 heteroatoms. The number of nitrogens with one attached hydrogen (secondary N) is 2. The highest BCUT2D eigenvalue weighted by Crippen LogP contribution is 2.38. The van der Waals surface area contributed by atoms with Crippen LogP contribution in [-0.4, -0.2) is 25.1 Å². The van der Waals surface area contributed by atoms with Gasteiger partial charge in [-0.25, -0.2) is 4.79 Å². The number of halogens is 3. The van der Waals surface area contributed by atoms with Gasteiger partial charge in [-0.2, -0.15) is 13.2 Å². The summed E-state index contributed by atoms with van der Waals surface area (Å²) in [6.07, 6.45) is -4.44. The van der Waals surface area contributed by atoms with Crippen LogP contribution in [0.15, 0.2) is 42.5 Å². The Labute approximate surface area is 172 Å². The molecule has 1 aliphatic heterocycles. The van der Waals surface area contributed by atoms with Crippen LogP contribution >= 0.6 is 0 Å². The number of carbonyl (C=O) groups is 2. The number of nitrogens with zero attached hydrogens (tertiary/aromatic N) is 1. The number of hydrogen-bond donors (Lipinski definition) is 2. The summed E-state index contributed by atoms with van der Waals surface area (Å²) in [7, 11) is 0. The molecule has 0 unspecified atom stereocenters. The third-order valence-corrected chi connectivity index (χ3v) is 4.71. The first kappa shape index (κ1) is 21.5. The average molecular weight is 421 g/mol. The minimum Gasteiger partial charge on any atom is -0.490 e. The van der Waals surface area contributed by atoms with E-state index in [2.05, 4.69) is 10.6 Å². The molecule has 3 rings (SSSR count). The standard InChI is InChI=1S/C21H22F3N3O3/c1-4-27-16-10-9-15(11-17(16)30-12-20(2,3)18(27)28)26-19(29)25-14-7-5-13(6-8-14)21(22,23)24/h5-11H,4,12H2,1-3H3,(H2,25,26,29). The molecule has 0 atom stereocenters. The Morgan fingerprint density at radius 3 is 2.30 bits per heavy atom. The van der Waals surface area contributed by atoms with Gasteiger partial charge in [0.15, 0.2) is 0 Å². The van der Waals surface area contributed by atoms with E-state index < -0.39 is 23.2 Å². The van der Waals surface area contributed by atoms with Crippen LogP contribution in [0, 0.1) is 5.41 Å². The topological polar surface area (TPSA) is 70.7 Å². The molecule has 0 aliphatic carbocycles. The fourth-order valence-corrected chi connectivity index (χ4v) is 3.08. The molecule has 1 aliphatic rings. The molecule has 0 aromatic heterocycles. The lowest BCUT2D eigenvalue weighted by atomic mass is 9.93. The van der Waals surface area contributed by atoms with Gasteiger partial charge in [0.2, 0.25) is 5.91 Å². The van der Waals surface area contributed by atoms with Crippen molar-refractivity contribution in [3.05, 3.63) is 48.0 Å². The molecular weight excluding hydrogens is 399 g/mol. The number of carbonyl (C=O) groups excluding carboxylic acids is 2. The minimum atomic E-state index is -4.44. The molecule has 160 valence electrons. The highest BCUT2D eigenvalue weighted by molar-refractivity contribution is 6.02. The molecule has 2 aromatic rings. The van der Waals surface area contributed by atoms with Gasteiger partial charge < -0.3 is 20.3 Å². The molecule has 0 spiro atoms. The summed E-state index contributed by atoms with van der Waals surface area (Å²) in [6.45, 7) is 6.14. The second kappa shape index (κ2) is 7.89. The van der Waals surface area contributed by atoms with Crippen molar-refractivity contribution < 1.29 is 27.5 Å². The maximum absolute atomic E-state index is 12.7. The van der Waals surface area contributed by atoms with Crippen molar-refractivity contribution in [1.82, 2.24) is 0 Å². The number of fused-ring (bicyclic) bond motifs is 1. The lowest BCUT2D eigenvalue weighted by Crippen LogP contribution is -2.42. The molecule has 0 radical (unpaired) electrons. The smallest absolute Gasteiger partial charge is 0.416 e. The minimum absolute atomic E-state index is 0.0514. The van der Waals surface area contributed by atoms with Gasteiger partial charge in [-0.3, -0.25) is 4.79 Å². The lowest BCUT2D eigenvalue weighted by Gasteiger charge is -2.26. The van der Waals surface area contributed by atoms with Crippen molar-refractivity contribution in [3.63, 3.8) is 0 Å². The van der Waals surface area contributed by atoms with Crippen LogP contribution in [0.25, 0.3) is 0 Å². The van der Waals surface area contributed by atoms with E-state index >= 15 is 0 Å². The van der Waals surface area contributed by atoms with Crippen LogP contribution < -0.4 is 20.3 Å². The summed E-state index contributed by atoms with van der Waals surface area (Å²) in [6, 6.07) is 8.44. The van der Waals surface area contributed by atoms with Crippen LogP contribution in [0.3, 0.4) is 0 Å². The Balaban J connectivity index is 1.73. The number of urea groups is 1. The third-order valence-electron chi connectivity index (χ3n) is 4.71. The maximum atomic E-state index is 12.7. The fourth-order valence-electron chi connectivity index (χ4n) is 3.08. The van der Waals surface area contributed by atoms with Gasteiger partial charge in [-0.05, 0) is 57.2 Å². The zero-order valence-corrected chi connectivity index (χ0v) is 16.8. The summed E-state index contributed by atoms with van der Waals surface area (Å²) in [5, 5.41) is 5.09. The zero-order valence-electron chi connectivity index (χ0n) is 16.8. The molecular formula is C21H22F3N3O3. The van der Waals surface area contributed by atoms with E-state index in [9.17, 15) is 22.8 Å². The van der Waals surface area contributed by atoms with E-state index in [4.69, 9.17) is 4.74 Å². The molecule has 6 nitrogen and oxygen atoms in total. The fraction of sp³-hybridized carbons (Fsp3) is 0.333. The van der Waals surface area contributed by atoms with E-state index in [0.717, 1.165) is 12.1 Å². The molecule has 0 fully saturated rings. The number of rotatable bonds is 3. The summed E-state index contributed by atoms with van der Waals surface area (Å²) in [4.78, 5) is 26.6. The van der Waals surface area contributed by atoms with E-state index in [-0.39, 0.29) is 18.2 Å².